The lowest BCUT2D eigenvalue weighted by Gasteiger charge is -2.25. The van der Waals surface area contributed by atoms with Crippen molar-refractivity contribution in [2.75, 3.05) is 6.54 Å². The van der Waals surface area contributed by atoms with E-state index < -0.39 is 5.92 Å². The molecule has 1 aromatic rings. The van der Waals surface area contributed by atoms with Crippen molar-refractivity contribution in [3.05, 3.63) is 11.8 Å². The molecular formula is C12H19F2N3O. The Labute approximate surface area is 105 Å². The summed E-state index contributed by atoms with van der Waals surface area (Å²) in [5, 5.41) is 11.1. The van der Waals surface area contributed by atoms with Crippen molar-refractivity contribution in [2.24, 2.45) is 0 Å². The molecule has 0 bridgehead atoms. The highest BCUT2D eigenvalue weighted by Crippen LogP contribution is 2.40. The highest BCUT2D eigenvalue weighted by molar-refractivity contribution is 4.95. The second-order valence-corrected chi connectivity index (χ2v) is 4.84. The quantitative estimate of drug-likeness (QED) is 0.826. The third-order valence-electron chi connectivity index (χ3n) is 3.25. The molecule has 102 valence electrons. The van der Waals surface area contributed by atoms with Crippen molar-refractivity contribution in [3.8, 4) is 0 Å². The van der Waals surface area contributed by atoms with Gasteiger partial charge in [-0.05, 0) is 25.8 Å². The van der Waals surface area contributed by atoms with Crippen LogP contribution in [-0.2, 0) is 6.54 Å². The highest BCUT2D eigenvalue weighted by Gasteiger charge is 2.37. The lowest BCUT2D eigenvalue weighted by molar-refractivity contribution is -0.0399. The highest BCUT2D eigenvalue weighted by atomic mass is 19.3. The number of nitrogens with one attached hydrogen (secondary N) is 1. The first-order valence-electron chi connectivity index (χ1n) is 6.51. The topological polar surface area (TPSA) is 51.0 Å². The summed E-state index contributed by atoms with van der Waals surface area (Å²) in [4.78, 5) is 0. The predicted octanol–water partition coefficient (Wildman–Crippen LogP) is 2.86. The van der Waals surface area contributed by atoms with E-state index in [-0.39, 0.29) is 18.8 Å². The first-order chi connectivity index (χ1) is 8.61. The lowest BCUT2D eigenvalue weighted by Crippen LogP contribution is -2.23. The number of rotatable bonds is 5. The van der Waals surface area contributed by atoms with Crippen molar-refractivity contribution in [3.63, 3.8) is 0 Å². The monoisotopic (exact) mass is 259 g/mol. The number of aromatic nitrogens is 2. The van der Waals surface area contributed by atoms with Crippen LogP contribution >= 0.6 is 0 Å². The van der Waals surface area contributed by atoms with Crippen LogP contribution in [0, 0.1) is 0 Å². The van der Waals surface area contributed by atoms with Crippen LogP contribution in [0.1, 0.15) is 56.7 Å². The Bertz CT molecular complexity index is 371. The van der Waals surface area contributed by atoms with E-state index in [0.717, 1.165) is 13.0 Å². The minimum atomic E-state index is -2.51. The third kappa shape index (κ3) is 3.48. The maximum Gasteiger partial charge on any atom is 0.248 e. The van der Waals surface area contributed by atoms with Gasteiger partial charge in [0.15, 0.2) is 0 Å². The van der Waals surface area contributed by atoms with Crippen molar-refractivity contribution in [1.29, 1.82) is 0 Å². The average Bonchev–Trinajstić information content (AvgIpc) is 2.78. The van der Waals surface area contributed by atoms with Crippen LogP contribution in [0.15, 0.2) is 4.42 Å². The van der Waals surface area contributed by atoms with Gasteiger partial charge in [0.1, 0.15) is 0 Å². The molecule has 1 aliphatic carbocycles. The molecule has 1 aliphatic rings. The van der Waals surface area contributed by atoms with Crippen LogP contribution < -0.4 is 5.32 Å². The van der Waals surface area contributed by atoms with Gasteiger partial charge < -0.3 is 9.73 Å². The summed E-state index contributed by atoms with van der Waals surface area (Å²) in [5.74, 6) is -1.46. The largest absolute Gasteiger partial charge is 0.424 e. The fraction of sp³-hybridized carbons (Fsp3) is 0.833. The lowest BCUT2D eigenvalue weighted by atomic mass is 9.87. The average molecular weight is 259 g/mol. The first-order valence-corrected chi connectivity index (χ1v) is 6.51. The molecule has 0 atom stereocenters. The van der Waals surface area contributed by atoms with Crippen LogP contribution in [0.25, 0.3) is 0 Å². The van der Waals surface area contributed by atoms with Crippen molar-refractivity contribution >= 4 is 0 Å². The van der Waals surface area contributed by atoms with Gasteiger partial charge in [-0.3, -0.25) is 0 Å². The Morgan fingerprint density at radius 1 is 1.33 bits per heavy atom. The van der Waals surface area contributed by atoms with E-state index in [1.807, 2.05) is 0 Å². The summed E-state index contributed by atoms with van der Waals surface area (Å²) in [6, 6.07) is 0. The molecule has 0 aliphatic heterocycles. The minimum absolute atomic E-state index is 0.00273. The first kappa shape index (κ1) is 13.4. The van der Waals surface area contributed by atoms with Crippen molar-refractivity contribution in [1.82, 2.24) is 15.5 Å². The molecule has 1 fully saturated rings. The summed E-state index contributed by atoms with van der Waals surface area (Å²) >= 11 is 0. The molecule has 0 aromatic carbocycles. The smallest absolute Gasteiger partial charge is 0.248 e. The molecule has 1 heterocycles. The van der Waals surface area contributed by atoms with Gasteiger partial charge in [0.2, 0.25) is 17.7 Å². The SMILES string of the molecule is CCCNCc1nnc(C2CCC(F)(F)CC2)o1. The Hall–Kier alpha value is -1.04. The standard InChI is InChI=1S/C12H19F2N3O/c1-2-7-15-8-10-16-17-11(18-10)9-3-5-12(13,14)6-4-9/h9,15H,2-8H2,1H3. The van der Waals surface area contributed by atoms with Gasteiger partial charge in [-0.2, -0.15) is 0 Å². The normalized spacial score (nSPS) is 20.2. The zero-order valence-electron chi connectivity index (χ0n) is 10.6. The van der Waals surface area contributed by atoms with Crippen molar-refractivity contribution in [2.45, 2.75) is 57.4 Å². The minimum Gasteiger partial charge on any atom is -0.424 e. The molecule has 6 heteroatoms. The van der Waals surface area contributed by atoms with Gasteiger partial charge in [-0.1, -0.05) is 6.92 Å². The summed E-state index contributed by atoms with van der Waals surface area (Å²) in [5.41, 5.74) is 0. The van der Waals surface area contributed by atoms with E-state index in [1.54, 1.807) is 0 Å². The van der Waals surface area contributed by atoms with Crippen LogP contribution in [0.5, 0.6) is 0 Å². The number of nitrogens with zero attached hydrogens (tertiary/aromatic N) is 2. The molecule has 1 aromatic heterocycles. The van der Waals surface area contributed by atoms with E-state index >= 15 is 0 Å². The molecule has 0 spiro atoms. The van der Waals surface area contributed by atoms with Crippen molar-refractivity contribution < 1.29 is 13.2 Å². The number of alkyl halides is 2. The second-order valence-electron chi connectivity index (χ2n) is 4.84. The van der Waals surface area contributed by atoms with Gasteiger partial charge in [-0.25, -0.2) is 8.78 Å². The Morgan fingerprint density at radius 2 is 2.06 bits per heavy atom. The second kappa shape index (κ2) is 5.73. The van der Waals surface area contributed by atoms with E-state index in [2.05, 4.69) is 22.4 Å². The fourth-order valence-corrected chi connectivity index (χ4v) is 2.16. The van der Waals surface area contributed by atoms with Gasteiger partial charge in [0, 0.05) is 18.8 Å². The van der Waals surface area contributed by atoms with Crippen LogP contribution in [-0.4, -0.2) is 22.7 Å². The van der Waals surface area contributed by atoms with Crippen LogP contribution in [0.2, 0.25) is 0 Å². The fourth-order valence-electron chi connectivity index (χ4n) is 2.16. The molecular weight excluding hydrogens is 240 g/mol. The molecule has 4 nitrogen and oxygen atoms in total. The van der Waals surface area contributed by atoms with Gasteiger partial charge in [0.05, 0.1) is 6.54 Å². The number of halogens is 2. The van der Waals surface area contributed by atoms with E-state index in [1.165, 1.54) is 0 Å². The number of hydrogen-bond acceptors (Lipinski definition) is 4. The molecule has 0 unspecified atom stereocenters. The zero-order valence-corrected chi connectivity index (χ0v) is 10.6. The van der Waals surface area contributed by atoms with E-state index in [0.29, 0.717) is 31.2 Å². The van der Waals surface area contributed by atoms with Gasteiger partial charge >= 0.3 is 0 Å². The molecule has 18 heavy (non-hydrogen) atoms. The molecule has 1 saturated carbocycles. The summed E-state index contributed by atoms with van der Waals surface area (Å²) in [6.45, 7) is 3.52. The maximum atomic E-state index is 13.0. The zero-order chi connectivity index (χ0) is 13.0. The summed E-state index contributed by atoms with van der Waals surface area (Å²) in [7, 11) is 0. The number of hydrogen-bond donors (Lipinski definition) is 1. The molecule has 0 radical (unpaired) electrons. The molecule has 2 rings (SSSR count). The van der Waals surface area contributed by atoms with Crippen LogP contribution in [0.4, 0.5) is 8.78 Å². The summed E-state index contributed by atoms with van der Waals surface area (Å²) in [6.07, 6.45) is 1.74. The Kier molecular flexibility index (Phi) is 4.27. The van der Waals surface area contributed by atoms with E-state index in [9.17, 15) is 8.78 Å². The summed E-state index contributed by atoms with van der Waals surface area (Å²) < 4.78 is 31.6. The predicted molar refractivity (Wildman–Crippen MR) is 62.5 cm³/mol. The van der Waals surface area contributed by atoms with E-state index in [4.69, 9.17) is 4.42 Å². The van der Waals surface area contributed by atoms with Gasteiger partial charge in [-0.15, -0.1) is 10.2 Å². The Morgan fingerprint density at radius 3 is 2.72 bits per heavy atom. The third-order valence-corrected chi connectivity index (χ3v) is 3.25. The maximum absolute atomic E-state index is 13.0. The molecule has 0 amide bonds. The molecule has 0 saturated heterocycles. The molecule has 1 N–H and O–H groups in total. The van der Waals surface area contributed by atoms with Crippen LogP contribution in [0.3, 0.4) is 0 Å². The Balaban J connectivity index is 1.86. The van der Waals surface area contributed by atoms with Gasteiger partial charge in [0.25, 0.3) is 0 Å².